The van der Waals surface area contributed by atoms with Crippen LogP contribution in [0.2, 0.25) is 0 Å². The molecule has 0 radical (unpaired) electrons. The Kier molecular flexibility index (Phi) is 3.97. The topological polar surface area (TPSA) is 82.5 Å². The number of benzene rings is 1. The highest BCUT2D eigenvalue weighted by molar-refractivity contribution is 5.22. The molecule has 0 fully saturated rings. The van der Waals surface area contributed by atoms with Crippen molar-refractivity contribution in [3.8, 4) is 0 Å². The monoisotopic (exact) mass is 280 g/mol. The molecule has 106 valence electrons. The standard InChI is InChI=1S/C15H16N6/c16-10-12-4-6-13(7-5-12)11-21-15(18-19-20-21)9-14-3-1-2-8-17-14/h1-8H,9-11,16H2. The van der Waals surface area contributed by atoms with Gasteiger partial charge in [0.05, 0.1) is 13.0 Å². The van der Waals surface area contributed by atoms with Gasteiger partial charge in [-0.2, -0.15) is 0 Å². The van der Waals surface area contributed by atoms with Crippen molar-refractivity contribution in [1.29, 1.82) is 0 Å². The zero-order valence-electron chi connectivity index (χ0n) is 11.6. The Bertz CT molecular complexity index is 690. The number of nitrogens with two attached hydrogens (primary N) is 1. The van der Waals surface area contributed by atoms with Crippen LogP contribution in [-0.4, -0.2) is 25.2 Å². The fourth-order valence-electron chi connectivity index (χ4n) is 2.09. The average Bonchev–Trinajstić information content (AvgIpc) is 2.96. The van der Waals surface area contributed by atoms with Gasteiger partial charge in [-0.25, -0.2) is 4.68 Å². The SMILES string of the molecule is NCc1ccc(Cn2nnnc2Cc2ccccn2)cc1. The molecule has 0 spiro atoms. The molecule has 0 aliphatic rings. The second-order valence-electron chi connectivity index (χ2n) is 4.77. The zero-order valence-corrected chi connectivity index (χ0v) is 11.6. The number of tetrazole rings is 1. The van der Waals surface area contributed by atoms with Crippen LogP contribution in [0.1, 0.15) is 22.6 Å². The summed E-state index contributed by atoms with van der Waals surface area (Å²) in [5.74, 6) is 0.802. The minimum atomic E-state index is 0.552. The quantitative estimate of drug-likeness (QED) is 0.758. The predicted octanol–water partition coefficient (Wildman–Crippen LogP) is 1.17. The van der Waals surface area contributed by atoms with Crippen molar-refractivity contribution >= 4 is 0 Å². The van der Waals surface area contributed by atoms with E-state index in [4.69, 9.17) is 5.73 Å². The van der Waals surface area contributed by atoms with Gasteiger partial charge in [0, 0.05) is 18.4 Å². The zero-order chi connectivity index (χ0) is 14.5. The third-order valence-corrected chi connectivity index (χ3v) is 3.26. The van der Waals surface area contributed by atoms with E-state index in [9.17, 15) is 0 Å². The van der Waals surface area contributed by atoms with E-state index in [1.807, 2.05) is 30.3 Å². The van der Waals surface area contributed by atoms with Gasteiger partial charge in [0.1, 0.15) is 0 Å². The van der Waals surface area contributed by atoms with Crippen molar-refractivity contribution in [2.45, 2.75) is 19.5 Å². The molecule has 0 amide bonds. The number of aromatic nitrogens is 5. The lowest BCUT2D eigenvalue weighted by Gasteiger charge is -2.05. The number of nitrogens with zero attached hydrogens (tertiary/aromatic N) is 5. The fourth-order valence-corrected chi connectivity index (χ4v) is 2.09. The van der Waals surface area contributed by atoms with Crippen LogP contribution in [0.15, 0.2) is 48.7 Å². The molecule has 0 unspecified atom stereocenters. The Morgan fingerprint density at radius 2 is 1.81 bits per heavy atom. The second kappa shape index (κ2) is 6.23. The molecule has 6 heteroatoms. The molecule has 21 heavy (non-hydrogen) atoms. The molecule has 0 saturated carbocycles. The van der Waals surface area contributed by atoms with Crippen molar-refractivity contribution < 1.29 is 0 Å². The van der Waals surface area contributed by atoms with Gasteiger partial charge in [0.15, 0.2) is 5.82 Å². The smallest absolute Gasteiger partial charge is 0.157 e. The van der Waals surface area contributed by atoms with E-state index < -0.39 is 0 Å². The van der Waals surface area contributed by atoms with Gasteiger partial charge in [0.25, 0.3) is 0 Å². The fraction of sp³-hybridized carbons (Fsp3) is 0.200. The van der Waals surface area contributed by atoms with Gasteiger partial charge in [0.2, 0.25) is 0 Å². The van der Waals surface area contributed by atoms with Crippen LogP contribution in [-0.2, 0) is 19.5 Å². The summed E-state index contributed by atoms with van der Waals surface area (Å²) in [6.45, 7) is 1.19. The predicted molar refractivity (Wildman–Crippen MR) is 78.3 cm³/mol. The second-order valence-corrected chi connectivity index (χ2v) is 4.77. The van der Waals surface area contributed by atoms with E-state index in [0.29, 0.717) is 19.5 Å². The molecule has 3 aromatic rings. The molecule has 0 aliphatic carbocycles. The maximum absolute atomic E-state index is 5.60. The minimum Gasteiger partial charge on any atom is -0.326 e. The van der Waals surface area contributed by atoms with Crippen LogP contribution in [0, 0.1) is 0 Å². The molecule has 1 aromatic carbocycles. The Balaban J connectivity index is 1.75. The molecule has 0 atom stereocenters. The summed E-state index contributed by atoms with van der Waals surface area (Å²) in [5, 5.41) is 11.9. The van der Waals surface area contributed by atoms with Crippen LogP contribution in [0.3, 0.4) is 0 Å². The number of pyridine rings is 1. The molecular weight excluding hydrogens is 264 g/mol. The summed E-state index contributed by atoms with van der Waals surface area (Å²) >= 11 is 0. The number of hydrogen-bond donors (Lipinski definition) is 1. The van der Waals surface area contributed by atoms with Gasteiger partial charge in [-0.3, -0.25) is 4.98 Å². The Morgan fingerprint density at radius 1 is 1.00 bits per heavy atom. The van der Waals surface area contributed by atoms with Crippen molar-refractivity contribution in [2.75, 3.05) is 0 Å². The molecule has 2 heterocycles. The van der Waals surface area contributed by atoms with Gasteiger partial charge in [-0.05, 0) is 33.7 Å². The van der Waals surface area contributed by atoms with Crippen molar-refractivity contribution in [1.82, 2.24) is 25.2 Å². The molecule has 0 bridgehead atoms. The highest BCUT2D eigenvalue weighted by Crippen LogP contribution is 2.08. The van der Waals surface area contributed by atoms with Crippen LogP contribution in [0.25, 0.3) is 0 Å². The van der Waals surface area contributed by atoms with E-state index in [-0.39, 0.29) is 0 Å². The van der Waals surface area contributed by atoms with Gasteiger partial charge in [-0.1, -0.05) is 30.3 Å². The summed E-state index contributed by atoms with van der Waals surface area (Å²) in [5.41, 5.74) is 8.81. The molecule has 0 aliphatic heterocycles. The Labute approximate surface area is 122 Å². The van der Waals surface area contributed by atoms with E-state index in [1.54, 1.807) is 10.9 Å². The first-order chi connectivity index (χ1) is 10.3. The maximum Gasteiger partial charge on any atom is 0.157 e. The average molecular weight is 280 g/mol. The van der Waals surface area contributed by atoms with Crippen molar-refractivity contribution in [2.24, 2.45) is 5.73 Å². The molecule has 2 N–H and O–H groups in total. The normalized spacial score (nSPS) is 10.7. The van der Waals surface area contributed by atoms with Crippen molar-refractivity contribution in [3.05, 3.63) is 71.3 Å². The highest BCUT2D eigenvalue weighted by atomic mass is 15.5. The largest absolute Gasteiger partial charge is 0.326 e. The van der Waals surface area contributed by atoms with E-state index in [1.165, 1.54) is 0 Å². The van der Waals surface area contributed by atoms with E-state index in [0.717, 1.165) is 22.6 Å². The van der Waals surface area contributed by atoms with Crippen LogP contribution < -0.4 is 5.73 Å². The first-order valence-corrected chi connectivity index (χ1v) is 6.78. The summed E-state index contributed by atoms with van der Waals surface area (Å²) < 4.78 is 1.80. The molecule has 2 aromatic heterocycles. The van der Waals surface area contributed by atoms with Crippen LogP contribution >= 0.6 is 0 Å². The number of hydrogen-bond acceptors (Lipinski definition) is 5. The Hall–Kier alpha value is -2.60. The van der Waals surface area contributed by atoms with Crippen LogP contribution in [0.4, 0.5) is 0 Å². The lowest BCUT2D eigenvalue weighted by atomic mass is 10.1. The van der Waals surface area contributed by atoms with Crippen molar-refractivity contribution in [3.63, 3.8) is 0 Å². The first kappa shape index (κ1) is 13.4. The minimum absolute atomic E-state index is 0.552. The highest BCUT2D eigenvalue weighted by Gasteiger charge is 2.08. The van der Waals surface area contributed by atoms with E-state index >= 15 is 0 Å². The lowest BCUT2D eigenvalue weighted by Crippen LogP contribution is -2.08. The summed E-state index contributed by atoms with van der Waals surface area (Å²) in [4.78, 5) is 4.30. The van der Waals surface area contributed by atoms with Gasteiger partial charge >= 0.3 is 0 Å². The molecule has 6 nitrogen and oxygen atoms in total. The summed E-state index contributed by atoms with van der Waals surface area (Å²) in [7, 11) is 0. The van der Waals surface area contributed by atoms with Gasteiger partial charge < -0.3 is 5.73 Å². The number of rotatable bonds is 5. The lowest BCUT2D eigenvalue weighted by molar-refractivity contribution is 0.623. The van der Waals surface area contributed by atoms with E-state index in [2.05, 4.69) is 32.6 Å². The molecule has 3 rings (SSSR count). The Morgan fingerprint density at radius 3 is 2.52 bits per heavy atom. The molecule has 0 saturated heterocycles. The summed E-state index contributed by atoms with van der Waals surface area (Å²) in [6, 6.07) is 14.0. The molecular formula is C15H16N6. The maximum atomic E-state index is 5.60. The van der Waals surface area contributed by atoms with Crippen LogP contribution in [0.5, 0.6) is 0 Å². The third-order valence-electron chi connectivity index (χ3n) is 3.26. The first-order valence-electron chi connectivity index (χ1n) is 6.78. The summed E-state index contributed by atoms with van der Waals surface area (Å²) in [6.07, 6.45) is 2.39. The third kappa shape index (κ3) is 3.29. The van der Waals surface area contributed by atoms with Gasteiger partial charge in [-0.15, -0.1) is 5.10 Å².